The Balaban J connectivity index is 1.89. The fraction of sp³-hybridized carbons (Fsp3) is 0.385. The Morgan fingerprint density at radius 1 is 1.58 bits per heavy atom. The highest BCUT2D eigenvalue weighted by atomic mass is 32.1. The summed E-state index contributed by atoms with van der Waals surface area (Å²) in [5.41, 5.74) is 0. The Kier molecular flexibility index (Phi) is 3.35. The van der Waals surface area contributed by atoms with Crippen LogP contribution in [0.4, 0.5) is 5.82 Å². The predicted octanol–water partition coefficient (Wildman–Crippen LogP) is 1.25. The number of nitrogens with zero attached hydrogens (tertiary/aromatic N) is 2. The van der Waals surface area contributed by atoms with Gasteiger partial charge in [-0.1, -0.05) is 0 Å². The number of ether oxygens (including phenoxy) is 1. The SMILES string of the molecule is CNC(=O)C1CN(c2nccc3sccc23)CCO1. The molecule has 2 aromatic heterocycles. The molecule has 19 heavy (non-hydrogen) atoms. The summed E-state index contributed by atoms with van der Waals surface area (Å²) in [6.07, 6.45) is 1.40. The van der Waals surface area contributed by atoms with Gasteiger partial charge in [-0.05, 0) is 17.5 Å². The highest BCUT2D eigenvalue weighted by Crippen LogP contribution is 2.29. The number of thiophene rings is 1. The van der Waals surface area contributed by atoms with Gasteiger partial charge in [-0.3, -0.25) is 4.79 Å². The number of morpholine rings is 1. The van der Waals surface area contributed by atoms with E-state index in [4.69, 9.17) is 4.74 Å². The number of fused-ring (bicyclic) bond motifs is 1. The maximum Gasteiger partial charge on any atom is 0.250 e. The molecule has 3 heterocycles. The van der Waals surface area contributed by atoms with Gasteiger partial charge >= 0.3 is 0 Å². The molecule has 1 fully saturated rings. The van der Waals surface area contributed by atoms with Gasteiger partial charge < -0.3 is 15.0 Å². The molecule has 1 unspecified atom stereocenters. The predicted molar refractivity (Wildman–Crippen MR) is 75.6 cm³/mol. The van der Waals surface area contributed by atoms with E-state index in [1.165, 1.54) is 4.70 Å². The van der Waals surface area contributed by atoms with Crippen molar-refractivity contribution in [1.82, 2.24) is 10.3 Å². The van der Waals surface area contributed by atoms with Gasteiger partial charge in [0.15, 0.2) is 6.10 Å². The second-order valence-electron chi connectivity index (χ2n) is 4.39. The molecule has 100 valence electrons. The average Bonchev–Trinajstić information content (AvgIpc) is 2.94. The first-order valence-electron chi connectivity index (χ1n) is 6.20. The molecule has 0 aromatic carbocycles. The van der Waals surface area contributed by atoms with Crippen LogP contribution in [0.15, 0.2) is 23.7 Å². The number of carbonyl (C=O) groups is 1. The van der Waals surface area contributed by atoms with Crippen molar-refractivity contribution >= 4 is 33.1 Å². The lowest BCUT2D eigenvalue weighted by molar-refractivity contribution is -0.132. The van der Waals surface area contributed by atoms with Gasteiger partial charge in [0.05, 0.1) is 13.2 Å². The van der Waals surface area contributed by atoms with Crippen LogP contribution in [-0.4, -0.2) is 43.7 Å². The van der Waals surface area contributed by atoms with Crippen molar-refractivity contribution < 1.29 is 9.53 Å². The molecule has 0 saturated carbocycles. The molecule has 5 nitrogen and oxygen atoms in total. The van der Waals surface area contributed by atoms with Gasteiger partial charge in [0, 0.05) is 29.9 Å². The fourth-order valence-electron chi connectivity index (χ4n) is 2.29. The molecule has 1 aliphatic rings. The van der Waals surface area contributed by atoms with Crippen LogP contribution in [0.25, 0.3) is 10.1 Å². The first kappa shape index (κ1) is 12.4. The summed E-state index contributed by atoms with van der Waals surface area (Å²) in [5, 5.41) is 5.84. The van der Waals surface area contributed by atoms with Gasteiger partial charge in [0.25, 0.3) is 5.91 Å². The molecular formula is C13H15N3O2S. The molecule has 1 aliphatic heterocycles. The van der Waals surface area contributed by atoms with E-state index in [1.54, 1.807) is 18.4 Å². The Labute approximate surface area is 115 Å². The Hall–Kier alpha value is -1.66. The second-order valence-corrected chi connectivity index (χ2v) is 5.33. The minimum Gasteiger partial charge on any atom is -0.365 e. The zero-order valence-electron chi connectivity index (χ0n) is 10.6. The standard InChI is InChI=1S/C13H15N3O2S/c1-14-13(17)10-8-16(5-6-18-10)12-9-3-7-19-11(9)2-4-15-12/h2-4,7,10H,5-6,8H2,1H3,(H,14,17). The van der Waals surface area contributed by atoms with Crippen LogP contribution in [0.5, 0.6) is 0 Å². The van der Waals surface area contributed by atoms with E-state index in [0.717, 1.165) is 17.7 Å². The fourth-order valence-corrected chi connectivity index (χ4v) is 3.07. The quantitative estimate of drug-likeness (QED) is 0.897. The number of hydrogen-bond donors (Lipinski definition) is 1. The summed E-state index contributed by atoms with van der Waals surface area (Å²) in [7, 11) is 1.63. The summed E-state index contributed by atoms with van der Waals surface area (Å²) in [6, 6.07) is 4.09. The van der Waals surface area contributed by atoms with Crippen molar-refractivity contribution in [2.45, 2.75) is 6.10 Å². The van der Waals surface area contributed by atoms with Crippen molar-refractivity contribution in [2.75, 3.05) is 31.6 Å². The van der Waals surface area contributed by atoms with E-state index < -0.39 is 6.10 Å². The van der Waals surface area contributed by atoms with Crippen LogP contribution < -0.4 is 10.2 Å². The number of amides is 1. The molecule has 1 saturated heterocycles. The van der Waals surface area contributed by atoms with Gasteiger partial charge in [-0.15, -0.1) is 11.3 Å². The van der Waals surface area contributed by atoms with E-state index in [9.17, 15) is 4.79 Å². The number of rotatable bonds is 2. The normalized spacial score (nSPS) is 19.6. The summed E-state index contributed by atoms with van der Waals surface area (Å²) in [5.74, 6) is 0.859. The molecule has 3 rings (SSSR count). The largest absolute Gasteiger partial charge is 0.365 e. The third kappa shape index (κ3) is 2.29. The smallest absolute Gasteiger partial charge is 0.250 e. The summed E-state index contributed by atoms with van der Waals surface area (Å²) < 4.78 is 6.71. The highest BCUT2D eigenvalue weighted by Gasteiger charge is 2.27. The van der Waals surface area contributed by atoms with E-state index in [0.29, 0.717) is 13.2 Å². The molecule has 6 heteroatoms. The minimum atomic E-state index is -0.422. The lowest BCUT2D eigenvalue weighted by Crippen LogP contribution is -2.49. The first-order chi connectivity index (χ1) is 9.29. The van der Waals surface area contributed by atoms with Crippen molar-refractivity contribution in [3.8, 4) is 0 Å². The third-order valence-electron chi connectivity index (χ3n) is 3.26. The lowest BCUT2D eigenvalue weighted by atomic mass is 10.2. The molecular weight excluding hydrogens is 262 g/mol. The molecule has 1 atom stereocenters. The van der Waals surface area contributed by atoms with Gasteiger partial charge in [0.1, 0.15) is 5.82 Å². The number of anilines is 1. The second kappa shape index (κ2) is 5.14. The first-order valence-corrected chi connectivity index (χ1v) is 7.08. The Morgan fingerprint density at radius 3 is 3.32 bits per heavy atom. The molecule has 1 N–H and O–H groups in total. The van der Waals surface area contributed by atoms with Gasteiger partial charge in [-0.25, -0.2) is 4.98 Å². The van der Waals surface area contributed by atoms with Crippen molar-refractivity contribution in [1.29, 1.82) is 0 Å². The summed E-state index contributed by atoms with van der Waals surface area (Å²) in [6.45, 7) is 1.84. The molecule has 2 aromatic rings. The van der Waals surface area contributed by atoms with E-state index >= 15 is 0 Å². The van der Waals surface area contributed by atoms with Crippen LogP contribution in [0, 0.1) is 0 Å². The third-order valence-corrected chi connectivity index (χ3v) is 4.15. The molecule has 0 aliphatic carbocycles. The lowest BCUT2D eigenvalue weighted by Gasteiger charge is -2.33. The van der Waals surface area contributed by atoms with Crippen molar-refractivity contribution in [3.05, 3.63) is 23.7 Å². The Bertz CT molecular complexity index is 598. The molecule has 0 spiro atoms. The van der Waals surface area contributed by atoms with E-state index in [2.05, 4.69) is 26.6 Å². The average molecular weight is 277 g/mol. The maximum absolute atomic E-state index is 11.7. The zero-order valence-corrected chi connectivity index (χ0v) is 11.4. The maximum atomic E-state index is 11.7. The number of carbonyl (C=O) groups excluding carboxylic acids is 1. The van der Waals surface area contributed by atoms with Gasteiger partial charge in [0.2, 0.25) is 0 Å². The number of likely N-dealkylation sites (N-methyl/N-ethyl adjacent to an activating group) is 1. The zero-order chi connectivity index (χ0) is 13.2. The monoisotopic (exact) mass is 277 g/mol. The van der Waals surface area contributed by atoms with Crippen LogP contribution >= 0.6 is 11.3 Å². The Morgan fingerprint density at radius 2 is 2.47 bits per heavy atom. The summed E-state index contributed by atoms with van der Waals surface area (Å²) >= 11 is 1.70. The summed E-state index contributed by atoms with van der Waals surface area (Å²) in [4.78, 5) is 18.3. The van der Waals surface area contributed by atoms with Gasteiger partial charge in [-0.2, -0.15) is 0 Å². The topological polar surface area (TPSA) is 54.5 Å². The van der Waals surface area contributed by atoms with Crippen LogP contribution in [0.1, 0.15) is 0 Å². The van der Waals surface area contributed by atoms with Crippen molar-refractivity contribution in [3.63, 3.8) is 0 Å². The van der Waals surface area contributed by atoms with Crippen LogP contribution in [0.3, 0.4) is 0 Å². The number of aromatic nitrogens is 1. The number of nitrogens with one attached hydrogen (secondary N) is 1. The molecule has 0 bridgehead atoms. The number of pyridine rings is 1. The minimum absolute atomic E-state index is 0.0813. The van der Waals surface area contributed by atoms with Crippen molar-refractivity contribution in [2.24, 2.45) is 0 Å². The van der Waals surface area contributed by atoms with Crippen LogP contribution in [0.2, 0.25) is 0 Å². The van der Waals surface area contributed by atoms with E-state index in [-0.39, 0.29) is 5.91 Å². The highest BCUT2D eigenvalue weighted by molar-refractivity contribution is 7.17. The van der Waals surface area contributed by atoms with Crippen LogP contribution in [-0.2, 0) is 9.53 Å². The molecule has 1 amide bonds. The molecule has 0 radical (unpaired) electrons. The number of hydrogen-bond acceptors (Lipinski definition) is 5. The van der Waals surface area contributed by atoms with E-state index in [1.807, 2.05) is 12.3 Å².